The second-order valence-corrected chi connectivity index (χ2v) is 7.52. The average Bonchev–Trinajstić information content (AvgIpc) is 3.21. The normalized spacial score (nSPS) is 17.6. The van der Waals surface area contributed by atoms with E-state index in [1.807, 2.05) is 6.07 Å². The molecule has 0 bridgehead atoms. The number of hydrogen-bond donors (Lipinski definition) is 1. The van der Waals surface area contributed by atoms with E-state index in [4.69, 9.17) is 0 Å². The molecule has 2 heterocycles. The molecule has 0 unspecified atom stereocenters. The molecule has 1 fully saturated rings. The first-order chi connectivity index (χ1) is 11.8. The Hall–Kier alpha value is -1.92. The summed E-state index contributed by atoms with van der Waals surface area (Å²) in [7, 11) is 2.18. The molecule has 1 saturated carbocycles. The van der Waals surface area contributed by atoms with Crippen LogP contribution in [0.2, 0.25) is 0 Å². The summed E-state index contributed by atoms with van der Waals surface area (Å²) in [6, 6.07) is 11.0. The van der Waals surface area contributed by atoms with Crippen LogP contribution in [-0.2, 0) is 0 Å². The lowest BCUT2D eigenvalue weighted by atomic mass is 9.92. The fraction of sp³-hybridized carbons (Fsp3) is 0.444. The molecular weight excluding hydrogens is 320 g/mol. The molecule has 1 aliphatic carbocycles. The van der Waals surface area contributed by atoms with Gasteiger partial charge in [0.25, 0.3) is 0 Å². The quantitative estimate of drug-likeness (QED) is 0.782. The Bertz CT molecular complexity index is 807. The number of fused-ring (bicyclic) bond motifs is 1. The minimum absolute atomic E-state index is 0.0304. The van der Waals surface area contributed by atoms with Crippen molar-refractivity contribution >= 4 is 16.3 Å². The second-order valence-electron chi connectivity index (χ2n) is 6.51. The van der Waals surface area contributed by atoms with Crippen LogP contribution in [0.5, 0.6) is 5.88 Å². The summed E-state index contributed by atoms with van der Waals surface area (Å²) in [4.78, 5) is 8.33. The van der Waals surface area contributed by atoms with Crippen molar-refractivity contribution in [1.82, 2.24) is 19.5 Å². The van der Waals surface area contributed by atoms with Crippen molar-refractivity contribution in [2.45, 2.75) is 44.2 Å². The number of thiazole rings is 1. The van der Waals surface area contributed by atoms with Gasteiger partial charge in [-0.3, -0.25) is 4.90 Å². The lowest BCUT2D eigenvalue weighted by Crippen LogP contribution is -2.36. The molecule has 0 aliphatic heterocycles. The summed E-state index contributed by atoms with van der Waals surface area (Å²) >= 11 is 1.52. The number of nitrogens with zero attached hydrogens (tertiary/aromatic N) is 4. The van der Waals surface area contributed by atoms with Gasteiger partial charge in [-0.05, 0) is 25.5 Å². The van der Waals surface area contributed by atoms with Crippen LogP contribution >= 0.6 is 11.3 Å². The van der Waals surface area contributed by atoms with Crippen LogP contribution in [0.1, 0.15) is 48.6 Å². The third-order valence-electron chi connectivity index (χ3n) is 5.06. The monoisotopic (exact) mass is 342 g/mol. The standard InChI is InChI=1S/C18H22N4OS/c1-21(14-10-6-3-7-11-14)15(13-8-4-2-5-9-13)16-17(23)22-18(24-16)19-12-20-22/h2,4-5,8-9,12,14-15,23H,3,6-7,10-11H2,1H3/t15-/m0/s1. The van der Waals surface area contributed by atoms with E-state index in [2.05, 4.69) is 46.3 Å². The van der Waals surface area contributed by atoms with Crippen molar-refractivity contribution in [2.24, 2.45) is 0 Å². The van der Waals surface area contributed by atoms with Gasteiger partial charge in [0.1, 0.15) is 6.33 Å². The number of rotatable bonds is 4. The van der Waals surface area contributed by atoms with Crippen LogP contribution in [0.4, 0.5) is 0 Å². The Morgan fingerprint density at radius 3 is 2.67 bits per heavy atom. The Balaban J connectivity index is 1.78. The summed E-state index contributed by atoms with van der Waals surface area (Å²) in [5.74, 6) is 0.212. The molecular formula is C18H22N4OS. The van der Waals surface area contributed by atoms with Crippen molar-refractivity contribution < 1.29 is 5.11 Å². The summed E-state index contributed by atoms with van der Waals surface area (Å²) in [6.07, 6.45) is 7.85. The fourth-order valence-electron chi connectivity index (χ4n) is 3.78. The maximum absolute atomic E-state index is 10.7. The molecule has 0 spiro atoms. The van der Waals surface area contributed by atoms with Gasteiger partial charge < -0.3 is 5.11 Å². The van der Waals surface area contributed by atoms with E-state index in [1.54, 1.807) is 0 Å². The SMILES string of the molecule is CN(C1CCCCC1)[C@@H](c1ccccc1)c1sc2ncnn2c1O. The Kier molecular flexibility index (Phi) is 4.24. The topological polar surface area (TPSA) is 53.7 Å². The van der Waals surface area contributed by atoms with Gasteiger partial charge in [0, 0.05) is 6.04 Å². The third kappa shape index (κ3) is 2.70. The molecule has 5 nitrogen and oxygen atoms in total. The van der Waals surface area contributed by atoms with Crippen molar-refractivity contribution in [3.8, 4) is 5.88 Å². The van der Waals surface area contributed by atoms with E-state index in [0.717, 1.165) is 9.84 Å². The van der Waals surface area contributed by atoms with Crippen molar-refractivity contribution in [2.75, 3.05) is 7.05 Å². The smallest absolute Gasteiger partial charge is 0.230 e. The number of benzene rings is 1. The highest BCUT2D eigenvalue weighted by molar-refractivity contribution is 7.17. The van der Waals surface area contributed by atoms with Crippen molar-refractivity contribution in [1.29, 1.82) is 0 Å². The minimum atomic E-state index is 0.0304. The predicted molar refractivity (Wildman–Crippen MR) is 95.4 cm³/mol. The first-order valence-corrected chi connectivity index (χ1v) is 9.35. The van der Waals surface area contributed by atoms with Gasteiger partial charge in [-0.2, -0.15) is 9.61 Å². The predicted octanol–water partition coefficient (Wildman–Crippen LogP) is 3.85. The first-order valence-electron chi connectivity index (χ1n) is 8.54. The highest BCUT2D eigenvalue weighted by Crippen LogP contribution is 2.41. The molecule has 0 radical (unpaired) electrons. The highest BCUT2D eigenvalue weighted by atomic mass is 32.1. The second kappa shape index (κ2) is 6.53. The van der Waals surface area contributed by atoms with Gasteiger partial charge in [-0.15, -0.1) is 0 Å². The van der Waals surface area contributed by atoms with E-state index in [1.165, 1.54) is 59.8 Å². The molecule has 1 atom stereocenters. The Morgan fingerprint density at radius 1 is 1.21 bits per heavy atom. The zero-order valence-corrected chi connectivity index (χ0v) is 14.6. The largest absolute Gasteiger partial charge is 0.492 e. The lowest BCUT2D eigenvalue weighted by Gasteiger charge is -2.37. The Labute approximate surface area is 145 Å². The summed E-state index contributed by atoms with van der Waals surface area (Å²) in [5.41, 5.74) is 1.20. The molecule has 3 aromatic rings. The zero-order valence-electron chi connectivity index (χ0n) is 13.8. The molecule has 4 rings (SSSR count). The molecule has 1 aliphatic rings. The average molecular weight is 342 g/mol. The number of aromatic nitrogens is 3. The molecule has 6 heteroatoms. The Morgan fingerprint density at radius 2 is 1.96 bits per heavy atom. The minimum Gasteiger partial charge on any atom is -0.492 e. The zero-order chi connectivity index (χ0) is 16.5. The molecule has 2 aromatic heterocycles. The summed E-state index contributed by atoms with van der Waals surface area (Å²) < 4.78 is 1.53. The van der Waals surface area contributed by atoms with E-state index in [-0.39, 0.29) is 11.9 Å². The fourth-order valence-corrected chi connectivity index (χ4v) is 4.89. The summed E-state index contributed by atoms with van der Waals surface area (Å²) in [5, 5.41) is 14.8. The van der Waals surface area contributed by atoms with Gasteiger partial charge in [0.15, 0.2) is 0 Å². The molecule has 0 saturated heterocycles. The number of aromatic hydroxyl groups is 1. The molecule has 0 amide bonds. The van der Waals surface area contributed by atoms with Crippen LogP contribution in [0.15, 0.2) is 36.7 Å². The van der Waals surface area contributed by atoms with Crippen LogP contribution in [0, 0.1) is 0 Å². The maximum Gasteiger partial charge on any atom is 0.230 e. The molecule has 24 heavy (non-hydrogen) atoms. The van der Waals surface area contributed by atoms with Crippen molar-refractivity contribution in [3.63, 3.8) is 0 Å². The first kappa shape index (κ1) is 15.6. The van der Waals surface area contributed by atoms with Crippen LogP contribution in [-0.4, -0.2) is 37.7 Å². The van der Waals surface area contributed by atoms with Gasteiger partial charge in [0.2, 0.25) is 10.8 Å². The van der Waals surface area contributed by atoms with Crippen LogP contribution < -0.4 is 0 Å². The summed E-state index contributed by atoms with van der Waals surface area (Å²) in [6.45, 7) is 0. The molecule has 1 aromatic carbocycles. The molecule has 1 N–H and O–H groups in total. The van der Waals surface area contributed by atoms with Gasteiger partial charge in [0.05, 0.1) is 10.9 Å². The number of hydrogen-bond acceptors (Lipinski definition) is 5. The van der Waals surface area contributed by atoms with E-state index < -0.39 is 0 Å². The van der Waals surface area contributed by atoms with Crippen LogP contribution in [0.25, 0.3) is 4.96 Å². The van der Waals surface area contributed by atoms with Gasteiger partial charge in [-0.25, -0.2) is 4.98 Å². The highest BCUT2D eigenvalue weighted by Gasteiger charge is 2.31. The van der Waals surface area contributed by atoms with Gasteiger partial charge >= 0.3 is 0 Å². The van der Waals surface area contributed by atoms with Crippen molar-refractivity contribution in [3.05, 3.63) is 47.1 Å². The third-order valence-corrected chi connectivity index (χ3v) is 6.15. The van der Waals surface area contributed by atoms with Crippen LogP contribution in [0.3, 0.4) is 0 Å². The maximum atomic E-state index is 10.7. The lowest BCUT2D eigenvalue weighted by molar-refractivity contribution is 0.157. The van der Waals surface area contributed by atoms with Gasteiger partial charge in [-0.1, -0.05) is 60.9 Å². The van der Waals surface area contributed by atoms with E-state index >= 15 is 0 Å². The molecule has 126 valence electrons. The van der Waals surface area contributed by atoms with E-state index in [0.29, 0.717) is 6.04 Å². The van der Waals surface area contributed by atoms with E-state index in [9.17, 15) is 5.11 Å².